The number of hydrogen-bond acceptors (Lipinski definition) is 3. The van der Waals surface area contributed by atoms with Crippen LogP contribution in [-0.4, -0.2) is 5.97 Å². The lowest BCUT2D eigenvalue weighted by Gasteiger charge is -2.09. The molecule has 98 valence electrons. The van der Waals surface area contributed by atoms with E-state index in [1.54, 1.807) is 24.3 Å². The molecule has 0 radical (unpaired) electrons. The molecule has 0 bridgehead atoms. The lowest BCUT2D eigenvalue weighted by Crippen LogP contribution is -2.10. The minimum atomic E-state index is -0.421. The van der Waals surface area contributed by atoms with Gasteiger partial charge in [-0.2, -0.15) is 0 Å². The Morgan fingerprint density at radius 1 is 1.26 bits per heavy atom. The van der Waals surface area contributed by atoms with E-state index in [1.807, 2.05) is 25.1 Å². The number of benzene rings is 2. The zero-order valence-corrected chi connectivity index (χ0v) is 11.3. The molecular formula is C15H14ClNO2. The fourth-order valence-corrected chi connectivity index (χ4v) is 2.03. The Morgan fingerprint density at radius 2 is 2.00 bits per heavy atom. The van der Waals surface area contributed by atoms with Gasteiger partial charge in [0.1, 0.15) is 6.61 Å². The van der Waals surface area contributed by atoms with Gasteiger partial charge in [-0.25, -0.2) is 4.79 Å². The summed E-state index contributed by atoms with van der Waals surface area (Å²) in [6, 6.07) is 12.5. The number of nitrogen functional groups attached to an aromatic ring is 1. The molecule has 0 fully saturated rings. The van der Waals surface area contributed by atoms with Crippen molar-refractivity contribution in [3.8, 4) is 0 Å². The smallest absolute Gasteiger partial charge is 0.340 e. The van der Waals surface area contributed by atoms with Crippen molar-refractivity contribution in [2.24, 2.45) is 0 Å². The summed E-state index contributed by atoms with van der Waals surface area (Å²) >= 11 is 5.87. The number of rotatable bonds is 3. The number of carbonyl (C=O) groups is 1. The number of hydrogen-bond donors (Lipinski definition) is 1. The van der Waals surface area contributed by atoms with E-state index in [2.05, 4.69) is 0 Å². The second kappa shape index (κ2) is 5.76. The molecule has 0 heterocycles. The van der Waals surface area contributed by atoms with E-state index < -0.39 is 5.97 Å². The van der Waals surface area contributed by atoms with E-state index in [4.69, 9.17) is 22.1 Å². The molecule has 0 spiro atoms. The molecule has 2 rings (SSSR count). The van der Waals surface area contributed by atoms with Crippen molar-refractivity contribution >= 4 is 23.3 Å². The summed E-state index contributed by atoms with van der Waals surface area (Å²) in [5.74, 6) is -0.421. The van der Waals surface area contributed by atoms with Crippen molar-refractivity contribution in [3.05, 3.63) is 64.2 Å². The summed E-state index contributed by atoms with van der Waals surface area (Å²) in [7, 11) is 0. The molecule has 0 amide bonds. The molecule has 0 atom stereocenters. The molecule has 0 aromatic heterocycles. The standard InChI is InChI=1S/C15H14ClNO2/c1-10-4-2-7-13(17)14(10)15(18)19-9-11-5-3-6-12(16)8-11/h2-8H,9,17H2,1H3. The first-order valence-electron chi connectivity index (χ1n) is 5.84. The maximum Gasteiger partial charge on any atom is 0.340 e. The van der Waals surface area contributed by atoms with Gasteiger partial charge in [-0.3, -0.25) is 0 Å². The zero-order valence-electron chi connectivity index (χ0n) is 10.5. The van der Waals surface area contributed by atoms with Gasteiger partial charge in [-0.05, 0) is 36.2 Å². The molecule has 19 heavy (non-hydrogen) atoms. The van der Waals surface area contributed by atoms with Crippen LogP contribution in [0.3, 0.4) is 0 Å². The average molecular weight is 276 g/mol. The van der Waals surface area contributed by atoms with Crippen LogP contribution in [0.2, 0.25) is 5.02 Å². The van der Waals surface area contributed by atoms with Crippen LogP contribution in [0, 0.1) is 6.92 Å². The number of carbonyl (C=O) groups excluding carboxylic acids is 1. The van der Waals surface area contributed by atoms with Gasteiger partial charge < -0.3 is 10.5 Å². The summed E-state index contributed by atoms with van der Waals surface area (Å²) in [6.07, 6.45) is 0. The quantitative estimate of drug-likeness (QED) is 0.688. The molecule has 0 aliphatic heterocycles. The van der Waals surface area contributed by atoms with Gasteiger partial charge in [0.15, 0.2) is 0 Å². The van der Waals surface area contributed by atoms with Crippen molar-refractivity contribution in [2.75, 3.05) is 5.73 Å². The maximum atomic E-state index is 12.0. The third kappa shape index (κ3) is 3.26. The van der Waals surface area contributed by atoms with Crippen LogP contribution < -0.4 is 5.73 Å². The van der Waals surface area contributed by atoms with Gasteiger partial charge in [0.2, 0.25) is 0 Å². The molecule has 0 aliphatic carbocycles. The second-order valence-electron chi connectivity index (χ2n) is 4.25. The molecular weight excluding hydrogens is 262 g/mol. The highest BCUT2D eigenvalue weighted by Gasteiger charge is 2.14. The summed E-state index contributed by atoms with van der Waals surface area (Å²) in [6.45, 7) is 2.00. The largest absolute Gasteiger partial charge is 0.457 e. The first-order chi connectivity index (χ1) is 9.08. The zero-order chi connectivity index (χ0) is 13.8. The Hall–Kier alpha value is -2.00. The van der Waals surface area contributed by atoms with E-state index in [-0.39, 0.29) is 6.61 Å². The molecule has 0 saturated heterocycles. The number of aryl methyl sites for hydroxylation is 1. The second-order valence-corrected chi connectivity index (χ2v) is 4.68. The van der Waals surface area contributed by atoms with Crippen molar-refractivity contribution in [2.45, 2.75) is 13.5 Å². The lowest BCUT2D eigenvalue weighted by atomic mass is 10.1. The normalized spacial score (nSPS) is 10.2. The Labute approximate surface area is 117 Å². The fraction of sp³-hybridized carbons (Fsp3) is 0.133. The molecule has 0 aliphatic rings. The number of anilines is 1. The molecule has 4 heteroatoms. The van der Waals surface area contributed by atoms with Crippen LogP contribution in [-0.2, 0) is 11.3 Å². The van der Waals surface area contributed by atoms with Crippen LogP contribution >= 0.6 is 11.6 Å². The predicted molar refractivity (Wildman–Crippen MR) is 76.2 cm³/mol. The molecule has 2 aromatic rings. The van der Waals surface area contributed by atoms with Crippen LogP contribution in [0.1, 0.15) is 21.5 Å². The Balaban J connectivity index is 2.10. The number of nitrogens with two attached hydrogens (primary N) is 1. The highest BCUT2D eigenvalue weighted by molar-refractivity contribution is 6.30. The SMILES string of the molecule is Cc1cccc(N)c1C(=O)OCc1cccc(Cl)c1. The topological polar surface area (TPSA) is 52.3 Å². The number of esters is 1. The first kappa shape index (κ1) is 13.4. The average Bonchev–Trinajstić information content (AvgIpc) is 2.36. The summed E-state index contributed by atoms with van der Waals surface area (Å²) in [4.78, 5) is 12.0. The monoisotopic (exact) mass is 275 g/mol. The lowest BCUT2D eigenvalue weighted by molar-refractivity contribution is 0.0473. The van der Waals surface area contributed by atoms with Crippen LogP contribution in [0.4, 0.5) is 5.69 Å². The molecule has 2 aromatic carbocycles. The molecule has 0 saturated carbocycles. The number of ether oxygens (including phenoxy) is 1. The van der Waals surface area contributed by atoms with Gasteiger partial charge >= 0.3 is 5.97 Å². The molecule has 2 N–H and O–H groups in total. The third-order valence-corrected chi connectivity index (χ3v) is 3.00. The minimum Gasteiger partial charge on any atom is -0.457 e. The Bertz CT molecular complexity index is 591. The van der Waals surface area contributed by atoms with Crippen LogP contribution in [0.5, 0.6) is 0 Å². The highest BCUT2D eigenvalue weighted by atomic mass is 35.5. The highest BCUT2D eigenvalue weighted by Crippen LogP contribution is 2.18. The van der Waals surface area contributed by atoms with Crippen molar-refractivity contribution in [3.63, 3.8) is 0 Å². The van der Waals surface area contributed by atoms with Crippen molar-refractivity contribution in [1.29, 1.82) is 0 Å². The first-order valence-corrected chi connectivity index (χ1v) is 6.22. The van der Waals surface area contributed by atoms with E-state index in [1.165, 1.54) is 0 Å². The third-order valence-electron chi connectivity index (χ3n) is 2.77. The van der Waals surface area contributed by atoms with Crippen LogP contribution in [0.25, 0.3) is 0 Å². The maximum absolute atomic E-state index is 12.0. The van der Waals surface area contributed by atoms with Crippen molar-refractivity contribution < 1.29 is 9.53 Å². The van der Waals surface area contributed by atoms with E-state index in [0.29, 0.717) is 16.3 Å². The number of halogens is 1. The van der Waals surface area contributed by atoms with E-state index in [9.17, 15) is 4.79 Å². The molecule has 3 nitrogen and oxygen atoms in total. The Kier molecular flexibility index (Phi) is 4.07. The van der Waals surface area contributed by atoms with Gasteiger partial charge in [-0.1, -0.05) is 35.9 Å². The summed E-state index contributed by atoms with van der Waals surface area (Å²) < 4.78 is 5.25. The van der Waals surface area contributed by atoms with Gasteiger partial charge in [0, 0.05) is 10.7 Å². The fourth-order valence-electron chi connectivity index (χ4n) is 1.82. The van der Waals surface area contributed by atoms with E-state index in [0.717, 1.165) is 11.1 Å². The van der Waals surface area contributed by atoms with Gasteiger partial charge in [0.25, 0.3) is 0 Å². The Morgan fingerprint density at radius 3 is 2.68 bits per heavy atom. The minimum absolute atomic E-state index is 0.174. The summed E-state index contributed by atoms with van der Waals surface area (Å²) in [5.41, 5.74) is 8.28. The van der Waals surface area contributed by atoms with Crippen molar-refractivity contribution in [1.82, 2.24) is 0 Å². The summed E-state index contributed by atoms with van der Waals surface area (Å²) in [5, 5.41) is 0.615. The molecule has 0 unspecified atom stereocenters. The van der Waals surface area contributed by atoms with E-state index >= 15 is 0 Å². The van der Waals surface area contributed by atoms with Crippen LogP contribution in [0.15, 0.2) is 42.5 Å². The predicted octanol–water partition coefficient (Wildman–Crippen LogP) is 3.59. The van der Waals surface area contributed by atoms with Gasteiger partial charge in [0.05, 0.1) is 5.56 Å². The van der Waals surface area contributed by atoms with Gasteiger partial charge in [-0.15, -0.1) is 0 Å².